The van der Waals surface area contributed by atoms with Crippen LogP contribution in [-0.2, 0) is 11.2 Å². The predicted octanol–water partition coefficient (Wildman–Crippen LogP) is 0.596. The first-order valence-electron chi connectivity index (χ1n) is 7.35. The van der Waals surface area contributed by atoms with Crippen LogP contribution in [0.5, 0.6) is 5.75 Å². The molecule has 1 fully saturated rings. The normalized spacial score (nSPS) is 26.7. The van der Waals surface area contributed by atoms with Crippen LogP contribution in [0, 0.1) is 5.82 Å². The van der Waals surface area contributed by atoms with Crippen molar-refractivity contribution in [1.29, 1.82) is 0 Å². The lowest BCUT2D eigenvalue weighted by Crippen LogP contribution is -2.57. The standard InChI is InChI=1S/C15H19FN2O4.ClH/c16-10-2-3-11(9-1-4-13(20)18-14(9)10)22-8-15(21)5-6-17-7-12(15)19;/h2-3,12,17,19,21H,1,4-8H2,(H,18,20);1H/t12-,15-;/m1./s1. The zero-order chi connectivity index (χ0) is 15.7. The number of aliphatic hydroxyl groups excluding tert-OH is 1. The number of ether oxygens (including phenoxy) is 1. The number of aliphatic hydroxyl groups is 2. The summed E-state index contributed by atoms with van der Waals surface area (Å²) in [4.78, 5) is 11.4. The second kappa shape index (κ2) is 7.00. The van der Waals surface area contributed by atoms with Crippen molar-refractivity contribution in [2.45, 2.75) is 31.0 Å². The molecular weight excluding hydrogens is 327 g/mol. The van der Waals surface area contributed by atoms with Gasteiger partial charge in [-0.1, -0.05) is 0 Å². The van der Waals surface area contributed by atoms with E-state index in [1.54, 1.807) is 0 Å². The molecule has 1 aromatic rings. The number of hydrogen-bond acceptors (Lipinski definition) is 5. The molecule has 3 rings (SSSR count). The second-order valence-electron chi connectivity index (χ2n) is 5.81. The van der Waals surface area contributed by atoms with Crippen LogP contribution >= 0.6 is 12.4 Å². The molecular formula is C15H20ClFN2O4. The molecule has 128 valence electrons. The van der Waals surface area contributed by atoms with Gasteiger partial charge in [0.1, 0.15) is 23.8 Å². The minimum atomic E-state index is -1.33. The number of fused-ring (bicyclic) bond motifs is 1. The minimum Gasteiger partial charge on any atom is -0.490 e. The van der Waals surface area contributed by atoms with Gasteiger partial charge in [0.2, 0.25) is 5.91 Å². The van der Waals surface area contributed by atoms with Crippen LogP contribution < -0.4 is 15.4 Å². The Morgan fingerprint density at radius 2 is 2.17 bits per heavy atom. The first kappa shape index (κ1) is 17.9. The number of halogens is 2. The molecule has 0 spiro atoms. The average Bonchev–Trinajstić information content (AvgIpc) is 2.50. The van der Waals surface area contributed by atoms with E-state index in [9.17, 15) is 19.4 Å². The lowest BCUT2D eigenvalue weighted by atomic mass is 9.90. The van der Waals surface area contributed by atoms with Gasteiger partial charge in [-0.15, -0.1) is 12.4 Å². The van der Waals surface area contributed by atoms with E-state index in [2.05, 4.69) is 10.6 Å². The van der Waals surface area contributed by atoms with Crippen molar-refractivity contribution in [2.75, 3.05) is 25.0 Å². The summed E-state index contributed by atoms with van der Waals surface area (Å²) in [6.45, 7) is 0.813. The number of benzene rings is 1. The molecule has 23 heavy (non-hydrogen) atoms. The van der Waals surface area contributed by atoms with E-state index < -0.39 is 17.5 Å². The molecule has 6 nitrogen and oxygen atoms in total. The van der Waals surface area contributed by atoms with E-state index in [4.69, 9.17) is 4.74 Å². The molecule has 0 aromatic heterocycles. The van der Waals surface area contributed by atoms with Gasteiger partial charge in [-0.3, -0.25) is 4.79 Å². The Hall–Kier alpha value is -1.41. The lowest BCUT2D eigenvalue weighted by Gasteiger charge is -2.37. The van der Waals surface area contributed by atoms with Crippen molar-refractivity contribution in [2.24, 2.45) is 0 Å². The highest BCUT2D eigenvalue weighted by Crippen LogP contribution is 2.34. The highest BCUT2D eigenvalue weighted by atomic mass is 35.5. The summed E-state index contributed by atoms with van der Waals surface area (Å²) >= 11 is 0. The Morgan fingerprint density at radius 1 is 1.39 bits per heavy atom. The largest absolute Gasteiger partial charge is 0.490 e. The van der Waals surface area contributed by atoms with Crippen LogP contribution in [0.3, 0.4) is 0 Å². The van der Waals surface area contributed by atoms with Crippen LogP contribution in [0.15, 0.2) is 12.1 Å². The molecule has 4 N–H and O–H groups in total. The molecule has 0 unspecified atom stereocenters. The fourth-order valence-electron chi connectivity index (χ4n) is 2.83. The van der Waals surface area contributed by atoms with Crippen molar-refractivity contribution in [3.05, 3.63) is 23.5 Å². The molecule has 0 radical (unpaired) electrons. The number of rotatable bonds is 3. The summed E-state index contributed by atoms with van der Waals surface area (Å²) in [5, 5.41) is 25.9. The molecule has 1 amide bonds. The van der Waals surface area contributed by atoms with E-state index in [-0.39, 0.29) is 37.0 Å². The molecule has 0 saturated carbocycles. The van der Waals surface area contributed by atoms with Crippen LogP contribution in [-0.4, -0.2) is 47.5 Å². The zero-order valence-corrected chi connectivity index (χ0v) is 13.3. The number of piperidine rings is 1. The van der Waals surface area contributed by atoms with Crippen LogP contribution in [0.4, 0.5) is 10.1 Å². The Morgan fingerprint density at radius 3 is 2.91 bits per heavy atom. The van der Waals surface area contributed by atoms with Crippen LogP contribution in [0.25, 0.3) is 0 Å². The van der Waals surface area contributed by atoms with Crippen LogP contribution in [0.1, 0.15) is 18.4 Å². The average molecular weight is 347 g/mol. The molecule has 8 heteroatoms. The number of carbonyl (C=O) groups is 1. The summed E-state index contributed by atoms with van der Waals surface area (Å²) in [7, 11) is 0. The van der Waals surface area contributed by atoms with Crippen molar-refractivity contribution < 1.29 is 24.1 Å². The quantitative estimate of drug-likeness (QED) is 0.643. The van der Waals surface area contributed by atoms with Gasteiger partial charge in [-0.25, -0.2) is 4.39 Å². The van der Waals surface area contributed by atoms with Crippen molar-refractivity contribution in [3.63, 3.8) is 0 Å². The fourth-order valence-corrected chi connectivity index (χ4v) is 2.83. The van der Waals surface area contributed by atoms with Crippen LogP contribution in [0.2, 0.25) is 0 Å². The van der Waals surface area contributed by atoms with Crippen molar-refractivity contribution in [3.8, 4) is 5.75 Å². The van der Waals surface area contributed by atoms with Gasteiger partial charge in [0.25, 0.3) is 0 Å². The molecule has 1 aromatic carbocycles. The smallest absolute Gasteiger partial charge is 0.224 e. The third kappa shape index (κ3) is 3.58. The molecule has 0 aliphatic carbocycles. The van der Waals surface area contributed by atoms with Gasteiger partial charge in [0, 0.05) is 18.5 Å². The maximum atomic E-state index is 13.8. The number of nitrogens with one attached hydrogen (secondary N) is 2. The van der Waals surface area contributed by atoms with E-state index >= 15 is 0 Å². The molecule has 0 bridgehead atoms. The van der Waals surface area contributed by atoms with E-state index in [0.29, 0.717) is 37.2 Å². The van der Waals surface area contributed by atoms with E-state index in [1.807, 2.05) is 0 Å². The Labute approximate surface area is 139 Å². The third-order valence-corrected chi connectivity index (χ3v) is 4.26. The Kier molecular flexibility index (Phi) is 5.46. The van der Waals surface area contributed by atoms with Gasteiger partial charge >= 0.3 is 0 Å². The van der Waals surface area contributed by atoms with E-state index in [1.165, 1.54) is 12.1 Å². The first-order valence-corrected chi connectivity index (χ1v) is 7.35. The second-order valence-corrected chi connectivity index (χ2v) is 5.81. The highest BCUT2D eigenvalue weighted by molar-refractivity contribution is 5.94. The number of anilines is 1. The fraction of sp³-hybridized carbons (Fsp3) is 0.533. The number of β-amino-alcohol motifs (C(OH)–C–C–N with tert-alkyl or cyclic N) is 1. The van der Waals surface area contributed by atoms with Gasteiger partial charge in [-0.05, 0) is 31.5 Å². The summed E-state index contributed by atoms with van der Waals surface area (Å²) in [6, 6.07) is 2.71. The number of amides is 1. The molecule has 1 saturated heterocycles. The van der Waals surface area contributed by atoms with Gasteiger partial charge in [-0.2, -0.15) is 0 Å². The summed E-state index contributed by atoms with van der Waals surface area (Å²) in [5.74, 6) is -0.303. The van der Waals surface area contributed by atoms with Crippen molar-refractivity contribution in [1.82, 2.24) is 5.32 Å². The maximum absolute atomic E-state index is 13.8. The Balaban J connectivity index is 0.00000192. The topological polar surface area (TPSA) is 90.8 Å². The lowest BCUT2D eigenvalue weighted by molar-refractivity contribution is -0.116. The number of carbonyl (C=O) groups excluding carboxylic acids is 1. The predicted molar refractivity (Wildman–Crippen MR) is 84.5 cm³/mol. The highest BCUT2D eigenvalue weighted by Gasteiger charge is 2.39. The van der Waals surface area contributed by atoms with Gasteiger partial charge < -0.3 is 25.6 Å². The molecule has 2 atom stereocenters. The SMILES string of the molecule is Cl.O=C1CCc2c(OC[C@]3(O)CCNC[C@H]3O)ccc(F)c2N1. The summed E-state index contributed by atoms with van der Waals surface area (Å²) in [6.07, 6.45) is 0.103. The zero-order valence-electron chi connectivity index (χ0n) is 12.5. The maximum Gasteiger partial charge on any atom is 0.224 e. The number of hydrogen-bond donors (Lipinski definition) is 4. The van der Waals surface area contributed by atoms with Gasteiger partial charge in [0.05, 0.1) is 11.8 Å². The summed E-state index contributed by atoms with van der Waals surface area (Å²) in [5.41, 5.74) is -0.594. The third-order valence-electron chi connectivity index (χ3n) is 4.26. The van der Waals surface area contributed by atoms with Gasteiger partial charge in [0.15, 0.2) is 0 Å². The Bertz CT molecular complexity index is 601. The molecule has 2 aliphatic heterocycles. The van der Waals surface area contributed by atoms with E-state index in [0.717, 1.165) is 0 Å². The monoisotopic (exact) mass is 346 g/mol. The summed E-state index contributed by atoms with van der Waals surface area (Å²) < 4.78 is 19.4. The molecule has 2 aliphatic rings. The minimum absolute atomic E-state index is 0. The first-order chi connectivity index (χ1) is 10.5. The molecule has 2 heterocycles. The van der Waals surface area contributed by atoms with Crippen molar-refractivity contribution >= 4 is 24.0 Å².